The van der Waals surface area contributed by atoms with Crippen LogP contribution in [0.3, 0.4) is 0 Å². The number of rotatable bonds is 14. The standard InChI is InChI=1S/C67H50O13/c1-5-36-71-52-37-43(40-55-58(52)77-65(74-55,46-24-12-6-13-25-46)47-26-14-7-15-27-47)61(68)72-53-38-44(41-56-59(53)78-66(75-56,48-28-16-8-17-29-48)49-30-18-9-19-31-49)62(69)73-54-39-45(63(70)80-64(2,3)4)42-57-60(54)79-67(76-57,50-32-20-10-21-33-50)51-34-22-11-23-35-51/h5-35,37-42H,1,36H2,2-4H3. The summed E-state index contributed by atoms with van der Waals surface area (Å²) in [5.74, 6) is -6.85. The van der Waals surface area contributed by atoms with Gasteiger partial charge >= 0.3 is 35.3 Å². The lowest BCUT2D eigenvalue weighted by molar-refractivity contribution is -0.0470. The van der Waals surface area contributed by atoms with Gasteiger partial charge in [-0.2, -0.15) is 0 Å². The molecule has 0 radical (unpaired) electrons. The van der Waals surface area contributed by atoms with Gasteiger partial charge in [-0.15, -0.1) is 0 Å². The summed E-state index contributed by atoms with van der Waals surface area (Å²) < 4.78 is 65.5. The van der Waals surface area contributed by atoms with Crippen molar-refractivity contribution in [3.8, 4) is 51.7 Å². The van der Waals surface area contributed by atoms with E-state index >= 15 is 4.79 Å². The molecule has 12 rings (SSSR count). The molecule has 0 bridgehead atoms. The normalized spacial score (nSPS) is 14.6. The summed E-state index contributed by atoms with van der Waals surface area (Å²) in [5.41, 5.74) is 2.78. The van der Waals surface area contributed by atoms with E-state index in [-0.39, 0.29) is 75.0 Å². The average Bonchev–Trinajstić information content (AvgIpc) is 4.32. The van der Waals surface area contributed by atoms with E-state index in [1.807, 2.05) is 182 Å². The summed E-state index contributed by atoms with van der Waals surface area (Å²) in [6.45, 7) is 9.12. The van der Waals surface area contributed by atoms with Crippen molar-refractivity contribution in [2.45, 2.75) is 43.7 Å². The van der Waals surface area contributed by atoms with Crippen LogP contribution in [0.1, 0.15) is 85.2 Å². The van der Waals surface area contributed by atoms with E-state index in [1.165, 1.54) is 36.4 Å². The van der Waals surface area contributed by atoms with Gasteiger partial charge < -0.3 is 47.4 Å². The number of benzene rings is 9. The summed E-state index contributed by atoms with van der Waals surface area (Å²) in [4.78, 5) is 43.9. The number of carbonyl (C=O) groups is 3. The first-order valence-corrected chi connectivity index (χ1v) is 25.8. The zero-order valence-electron chi connectivity index (χ0n) is 43.6. The Morgan fingerprint density at radius 3 is 0.963 bits per heavy atom. The first-order valence-electron chi connectivity index (χ1n) is 25.8. The summed E-state index contributed by atoms with van der Waals surface area (Å²) in [5, 5.41) is 0. The molecule has 0 aliphatic carbocycles. The fraction of sp³-hybridized carbons (Fsp3) is 0.119. The van der Waals surface area contributed by atoms with Crippen molar-refractivity contribution in [1.29, 1.82) is 0 Å². The lowest BCUT2D eigenvalue weighted by Crippen LogP contribution is -2.36. The van der Waals surface area contributed by atoms with Gasteiger partial charge in [-0.25, -0.2) is 14.4 Å². The van der Waals surface area contributed by atoms with Gasteiger partial charge in [0.05, 0.1) is 16.7 Å². The monoisotopic (exact) mass is 1060 g/mol. The van der Waals surface area contributed by atoms with Crippen LogP contribution < -0.4 is 42.6 Å². The van der Waals surface area contributed by atoms with Crippen molar-refractivity contribution in [2.24, 2.45) is 0 Å². The molecule has 9 aromatic carbocycles. The first kappa shape index (κ1) is 50.5. The van der Waals surface area contributed by atoms with E-state index in [1.54, 1.807) is 26.8 Å². The molecule has 0 unspecified atom stereocenters. The number of ether oxygens (including phenoxy) is 10. The zero-order valence-corrected chi connectivity index (χ0v) is 43.6. The van der Waals surface area contributed by atoms with Gasteiger partial charge in [-0.05, 0) is 57.2 Å². The molecule has 396 valence electrons. The molecular formula is C67H50O13. The maximum atomic E-state index is 15.1. The Hall–Kier alpha value is -10.3. The van der Waals surface area contributed by atoms with E-state index in [9.17, 15) is 9.59 Å². The van der Waals surface area contributed by atoms with Gasteiger partial charge in [0.2, 0.25) is 17.2 Å². The molecule has 0 spiro atoms. The van der Waals surface area contributed by atoms with Crippen molar-refractivity contribution in [3.05, 3.63) is 281 Å². The molecule has 3 aliphatic rings. The summed E-state index contributed by atoms with van der Waals surface area (Å²) in [6, 6.07) is 64.4. The highest BCUT2D eigenvalue weighted by Gasteiger charge is 2.51. The van der Waals surface area contributed by atoms with Crippen LogP contribution in [0.25, 0.3) is 0 Å². The van der Waals surface area contributed by atoms with E-state index in [0.29, 0.717) is 33.4 Å². The Kier molecular flexibility index (Phi) is 12.8. The highest BCUT2D eigenvalue weighted by atomic mass is 16.8. The van der Waals surface area contributed by atoms with Gasteiger partial charge in [0, 0.05) is 33.4 Å². The van der Waals surface area contributed by atoms with Crippen molar-refractivity contribution in [1.82, 2.24) is 0 Å². The first-order chi connectivity index (χ1) is 38.8. The van der Waals surface area contributed by atoms with Gasteiger partial charge in [-0.3, -0.25) is 0 Å². The second-order valence-corrected chi connectivity index (χ2v) is 19.9. The smallest absolute Gasteiger partial charge is 0.343 e. The summed E-state index contributed by atoms with van der Waals surface area (Å²) in [6.07, 6.45) is 1.57. The molecule has 0 N–H and O–H groups in total. The summed E-state index contributed by atoms with van der Waals surface area (Å²) >= 11 is 0. The number of hydrogen-bond acceptors (Lipinski definition) is 13. The van der Waals surface area contributed by atoms with Crippen LogP contribution in [0.4, 0.5) is 0 Å². The number of fused-ring (bicyclic) bond motifs is 3. The van der Waals surface area contributed by atoms with Crippen LogP contribution in [0, 0.1) is 0 Å². The molecule has 9 aromatic rings. The Bertz CT molecular complexity index is 3690. The minimum Gasteiger partial charge on any atom is -0.485 e. The second-order valence-electron chi connectivity index (χ2n) is 19.9. The maximum Gasteiger partial charge on any atom is 0.343 e. The van der Waals surface area contributed by atoms with E-state index in [4.69, 9.17) is 47.4 Å². The van der Waals surface area contributed by atoms with Gasteiger partial charge in [0.15, 0.2) is 34.5 Å². The fourth-order valence-corrected chi connectivity index (χ4v) is 9.79. The molecule has 3 heterocycles. The minimum atomic E-state index is -1.64. The molecule has 13 nitrogen and oxygen atoms in total. The molecule has 0 amide bonds. The second kappa shape index (κ2) is 20.3. The van der Waals surface area contributed by atoms with E-state index in [2.05, 4.69) is 6.58 Å². The van der Waals surface area contributed by atoms with Gasteiger partial charge in [0.1, 0.15) is 12.2 Å². The Morgan fingerprint density at radius 2 is 0.675 bits per heavy atom. The molecule has 13 heteroatoms. The van der Waals surface area contributed by atoms with Crippen LogP contribution in [0.15, 0.2) is 231 Å². The average molecular weight is 1060 g/mol. The molecule has 0 aromatic heterocycles. The predicted octanol–water partition coefficient (Wildman–Crippen LogP) is 13.7. The van der Waals surface area contributed by atoms with Crippen molar-refractivity contribution in [2.75, 3.05) is 6.61 Å². The van der Waals surface area contributed by atoms with E-state index in [0.717, 1.165) is 0 Å². The summed E-state index contributed by atoms with van der Waals surface area (Å²) in [7, 11) is 0. The van der Waals surface area contributed by atoms with Crippen LogP contribution in [-0.4, -0.2) is 30.1 Å². The predicted molar refractivity (Wildman–Crippen MR) is 295 cm³/mol. The van der Waals surface area contributed by atoms with Gasteiger partial charge in [0.25, 0.3) is 0 Å². The molecule has 3 aliphatic heterocycles. The van der Waals surface area contributed by atoms with Crippen LogP contribution in [0.2, 0.25) is 0 Å². The number of esters is 3. The molecule has 80 heavy (non-hydrogen) atoms. The van der Waals surface area contributed by atoms with Crippen molar-refractivity contribution < 1.29 is 61.8 Å². The van der Waals surface area contributed by atoms with Gasteiger partial charge in [-0.1, -0.05) is 195 Å². The van der Waals surface area contributed by atoms with Crippen molar-refractivity contribution in [3.63, 3.8) is 0 Å². The quantitative estimate of drug-likeness (QED) is 0.0579. The molecule has 0 saturated carbocycles. The van der Waals surface area contributed by atoms with Crippen molar-refractivity contribution >= 4 is 17.9 Å². The third kappa shape index (κ3) is 9.23. The fourth-order valence-electron chi connectivity index (χ4n) is 9.79. The van der Waals surface area contributed by atoms with Crippen LogP contribution in [-0.2, 0) is 22.1 Å². The Balaban J connectivity index is 0.961. The topological polar surface area (TPSA) is 144 Å². The third-order valence-corrected chi connectivity index (χ3v) is 13.4. The maximum absolute atomic E-state index is 15.1. The largest absolute Gasteiger partial charge is 0.485 e. The molecule has 0 fully saturated rings. The molecule has 0 saturated heterocycles. The lowest BCUT2D eigenvalue weighted by Gasteiger charge is -2.28. The minimum absolute atomic E-state index is 0.00120. The highest BCUT2D eigenvalue weighted by Crippen LogP contribution is 2.56. The third-order valence-electron chi connectivity index (χ3n) is 13.4. The molecule has 0 atom stereocenters. The number of hydrogen-bond donors (Lipinski definition) is 0. The van der Waals surface area contributed by atoms with Crippen LogP contribution in [0.5, 0.6) is 51.7 Å². The Labute approximate surface area is 461 Å². The Morgan fingerprint density at radius 1 is 0.400 bits per heavy atom. The lowest BCUT2D eigenvalue weighted by atomic mass is 9.97. The SMILES string of the molecule is C=CCOc1cc(C(=O)Oc2cc(C(=O)Oc3cc(C(=O)OC(C)(C)C)cc4c3OC(c3ccccc3)(c3ccccc3)O4)cc3c2OC(c2ccccc2)(c2ccccc2)O3)cc2c1OC(c1ccccc1)(c1ccccc1)O2. The highest BCUT2D eigenvalue weighted by molar-refractivity contribution is 5.97. The van der Waals surface area contributed by atoms with Crippen LogP contribution >= 0.6 is 0 Å². The molecular weight excluding hydrogens is 1010 g/mol. The van der Waals surface area contributed by atoms with E-state index < -0.39 is 40.9 Å². The number of carbonyl (C=O) groups excluding carboxylic acids is 3. The zero-order chi connectivity index (χ0) is 55.1.